The standard InChI is InChI=1S/C21H26N4OS/c1-21(2,3)17-7-5-16(6-8-17)15-18-19(26)23-20(27-18)25-13-11-24(12-14-25)10-4-9-22/h5-8,15H,4,10-14H2,1-3H3/b18-15+. The molecule has 5 nitrogen and oxygen atoms in total. The minimum absolute atomic E-state index is 0.120. The number of benzene rings is 1. The van der Waals surface area contributed by atoms with Gasteiger partial charge in [-0.1, -0.05) is 45.0 Å². The molecule has 0 bridgehead atoms. The molecule has 0 atom stereocenters. The van der Waals surface area contributed by atoms with Crippen LogP contribution in [0.15, 0.2) is 34.2 Å². The number of rotatable bonds is 3. The van der Waals surface area contributed by atoms with Crippen LogP contribution < -0.4 is 0 Å². The van der Waals surface area contributed by atoms with Crippen LogP contribution in [0.3, 0.4) is 0 Å². The molecule has 1 amide bonds. The van der Waals surface area contributed by atoms with E-state index < -0.39 is 0 Å². The molecule has 1 fully saturated rings. The van der Waals surface area contributed by atoms with Crippen molar-refractivity contribution in [3.8, 4) is 6.07 Å². The molecular weight excluding hydrogens is 356 g/mol. The zero-order valence-electron chi connectivity index (χ0n) is 16.2. The van der Waals surface area contributed by atoms with Gasteiger partial charge in [-0.15, -0.1) is 0 Å². The summed E-state index contributed by atoms with van der Waals surface area (Å²) in [5.74, 6) is -0.151. The van der Waals surface area contributed by atoms with Crippen LogP contribution in [-0.2, 0) is 10.2 Å². The maximum atomic E-state index is 12.3. The van der Waals surface area contributed by atoms with Gasteiger partial charge in [-0.25, -0.2) is 0 Å². The van der Waals surface area contributed by atoms with Gasteiger partial charge >= 0.3 is 0 Å². The molecule has 142 valence electrons. The molecule has 2 heterocycles. The van der Waals surface area contributed by atoms with Crippen LogP contribution in [0, 0.1) is 11.3 Å². The van der Waals surface area contributed by atoms with E-state index in [9.17, 15) is 4.79 Å². The molecule has 0 radical (unpaired) electrons. The van der Waals surface area contributed by atoms with Gasteiger partial charge in [0.05, 0.1) is 11.0 Å². The fourth-order valence-corrected chi connectivity index (χ4v) is 4.10. The van der Waals surface area contributed by atoms with E-state index in [0.29, 0.717) is 11.3 Å². The number of nitrogens with zero attached hydrogens (tertiary/aromatic N) is 4. The lowest BCUT2D eigenvalue weighted by Crippen LogP contribution is -2.47. The molecule has 0 unspecified atom stereocenters. The van der Waals surface area contributed by atoms with Crippen LogP contribution in [-0.4, -0.2) is 53.6 Å². The molecule has 2 aliphatic rings. The minimum Gasteiger partial charge on any atom is -0.348 e. The first-order valence-electron chi connectivity index (χ1n) is 9.34. The average molecular weight is 383 g/mol. The second-order valence-corrected chi connectivity index (χ2v) is 8.93. The van der Waals surface area contributed by atoms with E-state index in [1.54, 1.807) is 0 Å². The van der Waals surface area contributed by atoms with Gasteiger partial charge in [-0.3, -0.25) is 9.69 Å². The van der Waals surface area contributed by atoms with E-state index in [1.165, 1.54) is 17.3 Å². The van der Waals surface area contributed by atoms with Gasteiger partial charge in [-0.2, -0.15) is 10.3 Å². The highest BCUT2D eigenvalue weighted by Gasteiger charge is 2.28. The van der Waals surface area contributed by atoms with E-state index in [-0.39, 0.29) is 11.3 Å². The summed E-state index contributed by atoms with van der Waals surface area (Å²) in [6, 6.07) is 10.6. The molecular formula is C21H26N4OS. The first-order chi connectivity index (χ1) is 12.9. The Hall–Kier alpha value is -2.10. The van der Waals surface area contributed by atoms with Crippen molar-refractivity contribution in [3.63, 3.8) is 0 Å². The maximum absolute atomic E-state index is 12.3. The van der Waals surface area contributed by atoms with Gasteiger partial charge in [0, 0.05) is 39.1 Å². The number of aliphatic imine (C=N–C) groups is 1. The number of nitriles is 1. The van der Waals surface area contributed by atoms with Crippen molar-refractivity contribution in [2.24, 2.45) is 4.99 Å². The number of carbonyl (C=O) groups excluding carboxylic acids is 1. The Morgan fingerprint density at radius 1 is 1.19 bits per heavy atom. The molecule has 27 heavy (non-hydrogen) atoms. The summed E-state index contributed by atoms with van der Waals surface area (Å²) in [6.45, 7) is 10.9. The van der Waals surface area contributed by atoms with Crippen molar-refractivity contribution in [2.75, 3.05) is 32.7 Å². The second kappa shape index (κ2) is 8.28. The van der Waals surface area contributed by atoms with E-state index in [2.05, 4.69) is 65.9 Å². The van der Waals surface area contributed by atoms with Crippen molar-refractivity contribution in [3.05, 3.63) is 40.3 Å². The number of hydrogen-bond donors (Lipinski definition) is 0. The Morgan fingerprint density at radius 2 is 1.85 bits per heavy atom. The smallest absolute Gasteiger partial charge is 0.286 e. The topological polar surface area (TPSA) is 59.7 Å². The SMILES string of the molecule is CC(C)(C)c1ccc(/C=C2/SC(N3CCN(CCC#N)CC3)=NC2=O)cc1. The third kappa shape index (κ3) is 5.00. The van der Waals surface area contributed by atoms with Crippen molar-refractivity contribution >= 4 is 28.9 Å². The quantitative estimate of drug-likeness (QED) is 0.749. The summed E-state index contributed by atoms with van der Waals surface area (Å²) in [5, 5.41) is 9.51. The summed E-state index contributed by atoms with van der Waals surface area (Å²) < 4.78 is 0. The van der Waals surface area contributed by atoms with Crippen LogP contribution in [0.4, 0.5) is 0 Å². The van der Waals surface area contributed by atoms with Crippen LogP contribution in [0.2, 0.25) is 0 Å². The zero-order chi connectivity index (χ0) is 19.4. The molecule has 0 aromatic heterocycles. The van der Waals surface area contributed by atoms with Crippen LogP contribution in [0.1, 0.15) is 38.3 Å². The number of amidine groups is 1. The van der Waals surface area contributed by atoms with E-state index in [4.69, 9.17) is 5.26 Å². The number of carbonyl (C=O) groups is 1. The number of piperazine rings is 1. The van der Waals surface area contributed by atoms with Crippen LogP contribution >= 0.6 is 11.8 Å². The molecule has 3 rings (SSSR count). The first-order valence-corrected chi connectivity index (χ1v) is 10.2. The number of thioether (sulfide) groups is 1. The Morgan fingerprint density at radius 3 is 2.44 bits per heavy atom. The van der Waals surface area contributed by atoms with Crippen molar-refractivity contribution in [2.45, 2.75) is 32.6 Å². The zero-order valence-corrected chi connectivity index (χ0v) is 17.1. The lowest BCUT2D eigenvalue weighted by atomic mass is 9.87. The van der Waals surface area contributed by atoms with Gasteiger partial charge < -0.3 is 4.90 Å². The minimum atomic E-state index is -0.151. The van der Waals surface area contributed by atoms with Gasteiger partial charge in [-0.05, 0) is 34.4 Å². The summed E-state index contributed by atoms with van der Waals surface area (Å²) >= 11 is 1.47. The number of amides is 1. The molecule has 2 aliphatic heterocycles. The molecule has 6 heteroatoms. The van der Waals surface area contributed by atoms with E-state index in [1.807, 2.05) is 6.08 Å². The molecule has 0 saturated carbocycles. The summed E-state index contributed by atoms with van der Waals surface area (Å²) in [7, 11) is 0. The fourth-order valence-electron chi connectivity index (χ4n) is 3.13. The maximum Gasteiger partial charge on any atom is 0.286 e. The van der Waals surface area contributed by atoms with Crippen molar-refractivity contribution in [1.29, 1.82) is 5.26 Å². The highest BCUT2D eigenvalue weighted by molar-refractivity contribution is 8.18. The second-order valence-electron chi connectivity index (χ2n) is 7.92. The summed E-state index contributed by atoms with van der Waals surface area (Å²) in [6.07, 6.45) is 2.49. The molecule has 0 N–H and O–H groups in total. The molecule has 1 saturated heterocycles. The fraction of sp³-hybridized carbons (Fsp3) is 0.476. The average Bonchev–Trinajstić information content (AvgIpc) is 3.00. The van der Waals surface area contributed by atoms with E-state index >= 15 is 0 Å². The molecule has 1 aromatic carbocycles. The largest absolute Gasteiger partial charge is 0.348 e. The monoisotopic (exact) mass is 382 g/mol. The molecule has 0 spiro atoms. The van der Waals surface area contributed by atoms with Gasteiger partial charge in [0.15, 0.2) is 5.17 Å². The van der Waals surface area contributed by atoms with Gasteiger partial charge in [0.1, 0.15) is 0 Å². The predicted octanol–water partition coefficient (Wildman–Crippen LogP) is 3.49. The lowest BCUT2D eigenvalue weighted by Gasteiger charge is -2.34. The first kappa shape index (κ1) is 19.7. The third-order valence-corrected chi connectivity index (χ3v) is 5.91. The Bertz CT molecular complexity index is 791. The summed E-state index contributed by atoms with van der Waals surface area (Å²) in [4.78, 5) is 21.7. The van der Waals surface area contributed by atoms with Crippen molar-refractivity contribution in [1.82, 2.24) is 9.80 Å². The molecule has 0 aliphatic carbocycles. The van der Waals surface area contributed by atoms with Crippen LogP contribution in [0.25, 0.3) is 6.08 Å². The predicted molar refractivity (Wildman–Crippen MR) is 111 cm³/mol. The number of hydrogen-bond acceptors (Lipinski definition) is 5. The summed E-state index contributed by atoms with van der Waals surface area (Å²) in [5.41, 5.74) is 2.42. The lowest BCUT2D eigenvalue weighted by molar-refractivity contribution is -0.113. The third-order valence-electron chi connectivity index (χ3n) is 4.87. The Labute approximate surface area is 165 Å². The highest BCUT2D eigenvalue weighted by atomic mass is 32.2. The van der Waals surface area contributed by atoms with E-state index in [0.717, 1.165) is 43.5 Å². The van der Waals surface area contributed by atoms with Gasteiger partial charge in [0.25, 0.3) is 5.91 Å². The van der Waals surface area contributed by atoms with Crippen LogP contribution in [0.5, 0.6) is 0 Å². The van der Waals surface area contributed by atoms with Crippen molar-refractivity contribution < 1.29 is 4.79 Å². The highest BCUT2D eigenvalue weighted by Crippen LogP contribution is 2.31. The Kier molecular flexibility index (Phi) is 6.03. The normalized spacial score (nSPS) is 20.1. The molecule has 1 aromatic rings. The van der Waals surface area contributed by atoms with Gasteiger partial charge in [0.2, 0.25) is 0 Å². The Balaban J connectivity index is 1.61.